The molecule has 0 bridgehead atoms. The molecule has 44 heavy (non-hydrogen) atoms. The van der Waals surface area contributed by atoms with Gasteiger partial charge >= 0.3 is 12.1 Å². The lowest BCUT2D eigenvalue weighted by molar-refractivity contribution is -0.138. The molecule has 4 rings (SSSR count). The van der Waals surface area contributed by atoms with Crippen molar-refractivity contribution in [1.82, 2.24) is 14.6 Å². The predicted molar refractivity (Wildman–Crippen MR) is 160 cm³/mol. The van der Waals surface area contributed by atoms with Gasteiger partial charge < -0.3 is 15.5 Å². The molecule has 1 heterocycles. The Labute approximate surface area is 256 Å². The van der Waals surface area contributed by atoms with Gasteiger partial charge in [-0.15, -0.1) is 0 Å². The Bertz CT molecular complexity index is 1550. The molecule has 238 valence electrons. The Kier molecular flexibility index (Phi) is 10.2. The van der Waals surface area contributed by atoms with Crippen molar-refractivity contribution < 1.29 is 36.6 Å². The van der Waals surface area contributed by atoms with Gasteiger partial charge in [-0.3, -0.25) is 9.78 Å². The minimum atomic E-state index is -4.82. The summed E-state index contributed by atoms with van der Waals surface area (Å²) in [7, 11) is -3.20. The highest BCUT2D eigenvalue weighted by molar-refractivity contribution is 7.89. The molecule has 0 saturated heterocycles. The molecule has 1 atom stereocenters. The monoisotopic (exact) mass is 633 g/mol. The Hall–Kier alpha value is -3.32. The van der Waals surface area contributed by atoms with Crippen LogP contribution in [0.3, 0.4) is 0 Å². The normalized spacial score (nSPS) is 15.0. The van der Waals surface area contributed by atoms with Crippen LogP contribution in [0.4, 0.5) is 13.2 Å². The summed E-state index contributed by atoms with van der Waals surface area (Å²) in [5, 5.41) is 22.9. The van der Waals surface area contributed by atoms with Crippen molar-refractivity contribution in [3.05, 3.63) is 83.2 Å². The van der Waals surface area contributed by atoms with Gasteiger partial charge in [0.15, 0.2) is 0 Å². The van der Waals surface area contributed by atoms with Gasteiger partial charge in [-0.2, -0.15) is 17.5 Å². The van der Waals surface area contributed by atoms with Gasteiger partial charge in [-0.1, -0.05) is 30.3 Å². The van der Waals surface area contributed by atoms with E-state index in [1.807, 2.05) is 26.0 Å². The van der Waals surface area contributed by atoms with Crippen molar-refractivity contribution in [2.45, 2.75) is 68.7 Å². The van der Waals surface area contributed by atoms with Crippen LogP contribution in [0, 0.1) is 5.92 Å². The van der Waals surface area contributed by atoms with Crippen molar-refractivity contribution in [2.75, 3.05) is 20.1 Å². The average molecular weight is 634 g/mol. The van der Waals surface area contributed by atoms with E-state index in [2.05, 4.69) is 22.4 Å². The van der Waals surface area contributed by atoms with Crippen molar-refractivity contribution in [3.8, 4) is 11.1 Å². The zero-order valence-electron chi connectivity index (χ0n) is 24.9. The summed E-state index contributed by atoms with van der Waals surface area (Å²) in [5.41, 5.74) is 1.89. The highest BCUT2D eigenvalue weighted by Crippen LogP contribution is 2.35. The first-order valence-corrected chi connectivity index (χ1v) is 15.8. The van der Waals surface area contributed by atoms with Crippen LogP contribution in [0.5, 0.6) is 0 Å². The SMILES string of the molecule is CN(C[C@H](O)CNC(C)(C)CC1Cc2ccccc2C1)S(=O)(=O)c1cc(-c2ccc(CCC(=O)O)nc2)cc(C(F)(F)F)c1. The van der Waals surface area contributed by atoms with Gasteiger partial charge in [0.25, 0.3) is 0 Å². The number of rotatable bonds is 13. The molecular weight excluding hydrogens is 595 g/mol. The molecule has 2 aromatic carbocycles. The Morgan fingerprint density at radius 1 is 1.07 bits per heavy atom. The van der Waals surface area contributed by atoms with Crippen LogP contribution in [-0.2, 0) is 40.3 Å². The number of aliphatic carboxylic acids is 1. The number of carboxylic acid groups (broad SMARTS) is 1. The van der Waals surface area contributed by atoms with E-state index >= 15 is 0 Å². The minimum Gasteiger partial charge on any atom is -0.481 e. The second-order valence-electron chi connectivity index (χ2n) is 12.1. The average Bonchev–Trinajstić information content (AvgIpc) is 3.36. The summed E-state index contributed by atoms with van der Waals surface area (Å²) < 4.78 is 69.1. The molecule has 8 nitrogen and oxygen atoms in total. The van der Waals surface area contributed by atoms with Crippen LogP contribution in [0.25, 0.3) is 11.1 Å². The second-order valence-corrected chi connectivity index (χ2v) is 14.2. The lowest BCUT2D eigenvalue weighted by Gasteiger charge is -2.31. The Balaban J connectivity index is 1.43. The van der Waals surface area contributed by atoms with Crippen LogP contribution < -0.4 is 5.32 Å². The topological polar surface area (TPSA) is 120 Å². The quantitative estimate of drug-likeness (QED) is 0.244. The van der Waals surface area contributed by atoms with Crippen LogP contribution in [0.2, 0.25) is 0 Å². The smallest absolute Gasteiger partial charge is 0.416 e. The summed E-state index contributed by atoms with van der Waals surface area (Å²) in [4.78, 5) is 14.4. The number of hydrogen-bond acceptors (Lipinski definition) is 6. The number of aromatic nitrogens is 1. The number of nitrogens with zero attached hydrogens (tertiary/aromatic N) is 2. The standard InChI is InChI=1S/C32H38F3N3O5S/c1-31(2,17-21-12-22-6-4-5-7-23(22)13-21)37-19-28(39)20-38(3)44(42,43)29-15-25(14-26(16-29)32(33,34)35)24-8-9-27(36-18-24)10-11-30(40)41/h4-9,14-16,18,21,28,37,39H,10-13,17,19-20H2,1-3H3,(H,40,41)/t28-/m1/s1. The molecule has 0 fully saturated rings. The number of carboxylic acids is 1. The van der Waals surface area contributed by atoms with E-state index < -0.39 is 38.7 Å². The first-order valence-electron chi connectivity index (χ1n) is 14.4. The molecule has 0 amide bonds. The third kappa shape index (κ3) is 8.65. The van der Waals surface area contributed by atoms with E-state index in [9.17, 15) is 31.5 Å². The van der Waals surface area contributed by atoms with Crippen LogP contribution in [0.15, 0.2) is 65.7 Å². The van der Waals surface area contributed by atoms with E-state index in [-0.39, 0.29) is 42.6 Å². The van der Waals surface area contributed by atoms with Crippen LogP contribution >= 0.6 is 0 Å². The number of likely N-dealkylation sites (N-methyl/N-ethyl adjacent to an activating group) is 1. The van der Waals surface area contributed by atoms with E-state index in [0.717, 1.165) is 35.7 Å². The van der Waals surface area contributed by atoms with Gasteiger partial charge in [-0.25, -0.2) is 8.42 Å². The largest absolute Gasteiger partial charge is 0.481 e. The molecular formula is C32H38F3N3O5S. The summed E-state index contributed by atoms with van der Waals surface area (Å²) in [6.45, 7) is 3.83. The van der Waals surface area contributed by atoms with Crippen molar-refractivity contribution in [2.24, 2.45) is 5.92 Å². The number of pyridine rings is 1. The number of β-amino-alcohol motifs (C(OH)–C–C–N with tert-alkyl or cyclic N) is 1. The van der Waals surface area contributed by atoms with Gasteiger partial charge in [0.05, 0.1) is 23.0 Å². The molecule has 1 aromatic heterocycles. The molecule has 1 aliphatic rings. The molecule has 12 heteroatoms. The molecule has 0 unspecified atom stereocenters. The Morgan fingerprint density at radius 2 is 1.73 bits per heavy atom. The Morgan fingerprint density at radius 3 is 2.30 bits per heavy atom. The number of aliphatic hydroxyl groups excluding tert-OH is 1. The number of benzene rings is 2. The fourth-order valence-electron chi connectivity index (χ4n) is 5.68. The van der Waals surface area contributed by atoms with Crippen molar-refractivity contribution in [3.63, 3.8) is 0 Å². The molecule has 1 aliphatic carbocycles. The fraction of sp³-hybridized carbons (Fsp3) is 0.438. The number of fused-ring (bicyclic) bond motifs is 1. The number of aryl methyl sites for hydroxylation is 1. The van der Waals surface area contributed by atoms with Gasteiger partial charge in [0.2, 0.25) is 10.0 Å². The molecule has 0 aliphatic heterocycles. The van der Waals surface area contributed by atoms with E-state index in [1.54, 1.807) is 0 Å². The van der Waals surface area contributed by atoms with E-state index in [0.29, 0.717) is 17.7 Å². The maximum Gasteiger partial charge on any atom is 0.416 e. The van der Waals surface area contributed by atoms with Gasteiger partial charge in [0, 0.05) is 49.6 Å². The van der Waals surface area contributed by atoms with Gasteiger partial charge in [-0.05, 0) is 80.0 Å². The summed E-state index contributed by atoms with van der Waals surface area (Å²) >= 11 is 0. The number of alkyl halides is 3. The number of aliphatic hydroxyl groups is 1. The van der Waals surface area contributed by atoms with Gasteiger partial charge in [0.1, 0.15) is 0 Å². The third-order valence-corrected chi connectivity index (χ3v) is 9.71. The summed E-state index contributed by atoms with van der Waals surface area (Å²) in [5.74, 6) is -0.561. The zero-order chi connectivity index (χ0) is 32.3. The fourth-order valence-corrected chi connectivity index (χ4v) is 6.96. The number of hydrogen-bond donors (Lipinski definition) is 3. The first kappa shape index (κ1) is 33.6. The summed E-state index contributed by atoms with van der Waals surface area (Å²) in [6.07, 6.45) is -1.83. The van der Waals surface area contributed by atoms with Crippen LogP contribution in [-0.4, -0.2) is 65.7 Å². The minimum absolute atomic E-state index is 0.0119. The lowest BCUT2D eigenvalue weighted by Crippen LogP contribution is -2.47. The highest BCUT2D eigenvalue weighted by atomic mass is 32.2. The zero-order valence-corrected chi connectivity index (χ0v) is 25.8. The maximum absolute atomic E-state index is 13.8. The summed E-state index contributed by atoms with van der Waals surface area (Å²) in [6, 6.07) is 13.9. The highest BCUT2D eigenvalue weighted by Gasteiger charge is 2.34. The van der Waals surface area contributed by atoms with Crippen LogP contribution in [0.1, 0.15) is 49.1 Å². The molecule has 0 radical (unpaired) electrons. The van der Waals surface area contributed by atoms with E-state index in [1.165, 1.54) is 36.5 Å². The predicted octanol–water partition coefficient (Wildman–Crippen LogP) is 4.94. The first-order chi connectivity index (χ1) is 20.5. The maximum atomic E-state index is 13.8. The number of sulfonamides is 1. The number of halogens is 3. The third-order valence-electron chi connectivity index (χ3n) is 7.91. The molecule has 0 spiro atoms. The van der Waals surface area contributed by atoms with Crippen molar-refractivity contribution in [1.29, 1.82) is 0 Å². The molecule has 3 N–H and O–H groups in total. The van der Waals surface area contributed by atoms with Crippen molar-refractivity contribution >= 4 is 16.0 Å². The lowest BCUT2D eigenvalue weighted by atomic mass is 9.88. The number of carbonyl (C=O) groups is 1. The number of nitrogens with one attached hydrogen (secondary N) is 1. The molecule has 0 saturated carbocycles. The van der Waals surface area contributed by atoms with E-state index in [4.69, 9.17) is 5.11 Å². The molecule has 3 aromatic rings. The second kappa shape index (κ2) is 13.4.